The second-order valence-electron chi connectivity index (χ2n) is 6.50. The van der Waals surface area contributed by atoms with Crippen LogP contribution in [0.3, 0.4) is 0 Å². The monoisotopic (exact) mass is 295 g/mol. The summed E-state index contributed by atoms with van der Waals surface area (Å²) in [7, 11) is 0. The Kier molecular flexibility index (Phi) is 2.64. The summed E-state index contributed by atoms with van der Waals surface area (Å²) in [6.45, 7) is 2.20. The van der Waals surface area contributed by atoms with Gasteiger partial charge >= 0.3 is 6.30 Å². The third kappa shape index (κ3) is 2.12. The molecule has 1 aromatic carbocycles. The summed E-state index contributed by atoms with van der Waals surface area (Å²) in [5.41, 5.74) is 1.63. The van der Waals surface area contributed by atoms with Crippen LogP contribution in [0.15, 0.2) is 24.4 Å². The predicted octanol–water partition coefficient (Wildman–Crippen LogP) is 3.05. The normalized spacial score (nSPS) is 21.5. The molecule has 21 heavy (non-hydrogen) atoms. The van der Waals surface area contributed by atoms with E-state index in [1.807, 2.05) is 6.07 Å². The third-order valence-electron chi connectivity index (χ3n) is 4.84. The second-order valence-corrected chi connectivity index (χ2v) is 6.50. The summed E-state index contributed by atoms with van der Waals surface area (Å²) in [5.74, 6) is 0.604. The van der Waals surface area contributed by atoms with E-state index in [1.165, 1.54) is 19.0 Å². The number of alkyl halides is 3. The van der Waals surface area contributed by atoms with Gasteiger partial charge in [-0.15, -0.1) is 13.2 Å². The summed E-state index contributed by atoms with van der Waals surface area (Å²) in [6, 6.07) is 5.30. The Labute approximate surface area is 120 Å². The second kappa shape index (κ2) is 4.22. The maximum Gasteiger partial charge on any atom is 0.505 e. The van der Waals surface area contributed by atoms with Crippen LogP contribution >= 0.6 is 0 Å². The van der Waals surface area contributed by atoms with Crippen molar-refractivity contribution < 1.29 is 13.2 Å². The Morgan fingerprint density at radius 1 is 1.29 bits per heavy atom. The zero-order valence-electron chi connectivity index (χ0n) is 11.5. The van der Waals surface area contributed by atoms with Crippen molar-refractivity contribution >= 4 is 10.9 Å². The van der Waals surface area contributed by atoms with E-state index in [1.54, 1.807) is 12.1 Å². The molecule has 0 unspecified atom stereocenters. The molecule has 1 spiro atoms. The molecule has 1 saturated carbocycles. The van der Waals surface area contributed by atoms with Crippen molar-refractivity contribution in [3.63, 3.8) is 0 Å². The Bertz CT molecular complexity index is 677. The van der Waals surface area contributed by atoms with Gasteiger partial charge in [-0.1, -0.05) is 12.1 Å². The van der Waals surface area contributed by atoms with Crippen LogP contribution in [0.2, 0.25) is 0 Å². The van der Waals surface area contributed by atoms with Crippen molar-refractivity contribution in [3.05, 3.63) is 30.0 Å². The van der Waals surface area contributed by atoms with Crippen molar-refractivity contribution in [1.29, 1.82) is 0 Å². The topological polar surface area (TPSA) is 29.9 Å². The van der Waals surface area contributed by atoms with Crippen molar-refractivity contribution in [2.75, 3.05) is 13.1 Å². The van der Waals surface area contributed by atoms with E-state index in [4.69, 9.17) is 0 Å². The standard InChI is InChI=1S/C15H16F3N3/c16-15(17,18)21-13-4-10(1-2-12(13)7-20-21)3-11-5-14(6-11)8-19-9-14/h1-2,4,7,11,19H,3,5-6,8-9H2. The van der Waals surface area contributed by atoms with Gasteiger partial charge in [0.05, 0.1) is 11.7 Å². The summed E-state index contributed by atoms with van der Waals surface area (Å²) in [6.07, 6.45) is 0.0529. The van der Waals surface area contributed by atoms with E-state index in [-0.39, 0.29) is 10.2 Å². The molecule has 0 atom stereocenters. The molecule has 1 N–H and O–H groups in total. The van der Waals surface area contributed by atoms with Crippen LogP contribution in [0.1, 0.15) is 18.4 Å². The smallest absolute Gasteiger partial charge is 0.316 e. The molecule has 0 amide bonds. The van der Waals surface area contributed by atoms with E-state index < -0.39 is 6.30 Å². The van der Waals surface area contributed by atoms with Gasteiger partial charge in [0.15, 0.2) is 0 Å². The molecule has 112 valence electrons. The lowest BCUT2D eigenvalue weighted by molar-refractivity contribution is -0.209. The van der Waals surface area contributed by atoms with Gasteiger partial charge in [0.1, 0.15) is 0 Å². The van der Waals surface area contributed by atoms with Crippen LogP contribution in [0.25, 0.3) is 10.9 Å². The van der Waals surface area contributed by atoms with Gasteiger partial charge in [-0.3, -0.25) is 0 Å². The Morgan fingerprint density at radius 3 is 2.67 bits per heavy atom. The Morgan fingerprint density at radius 2 is 2.05 bits per heavy atom. The number of nitrogens with one attached hydrogen (secondary N) is 1. The SMILES string of the molecule is FC(F)(F)n1ncc2ccc(CC3CC4(CNC4)C3)cc21. The Hall–Kier alpha value is -1.56. The van der Waals surface area contributed by atoms with Crippen LogP contribution in [-0.4, -0.2) is 22.9 Å². The van der Waals surface area contributed by atoms with Gasteiger partial charge in [-0.2, -0.15) is 9.78 Å². The predicted molar refractivity (Wildman–Crippen MR) is 72.8 cm³/mol. The average Bonchev–Trinajstić information content (AvgIpc) is 2.73. The first-order chi connectivity index (χ1) is 9.95. The van der Waals surface area contributed by atoms with Crippen molar-refractivity contribution in [2.24, 2.45) is 11.3 Å². The van der Waals surface area contributed by atoms with E-state index in [2.05, 4.69) is 10.4 Å². The molecule has 0 radical (unpaired) electrons. The first-order valence-corrected chi connectivity index (χ1v) is 7.20. The number of nitrogens with zero attached hydrogens (tertiary/aromatic N) is 2. The molecule has 2 fully saturated rings. The molecular weight excluding hydrogens is 279 g/mol. The van der Waals surface area contributed by atoms with E-state index >= 15 is 0 Å². The van der Waals surface area contributed by atoms with Crippen molar-refractivity contribution in [1.82, 2.24) is 15.1 Å². The van der Waals surface area contributed by atoms with Crippen molar-refractivity contribution in [2.45, 2.75) is 25.6 Å². The molecule has 1 aromatic heterocycles. The fourth-order valence-electron chi connectivity index (χ4n) is 3.80. The molecule has 4 rings (SSSR count). The molecular formula is C15H16F3N3. The number of hydrogen-bond donors (Lipinski definition) is 1. The summed E-state index contributed by atoms with van der Waals surface area (Å²) < 4.78 is 38.8. The maximum absolute atomic E-state index is 12.9. The highest BCUT2D eigenvalue weighted by Crippen LogP contribution is 2.49. The average molecular weight is 295 g/mol. The van der Waals surface area contributed by atoms with Crippen LogP contribution in [-0.2, 0) is 12.7 Å². The molecule has 1 saturated heterocycles. The molecule has 2 heterocycles. The number of aromatic nitrogens is 2. The zero-order valence-corrected chi connectivity index (χ0v) is 11.5. The van der Waals surface area contributed by atoms with Gasteiger partial charge < -0.3 is 5.32 Å². The van der Waals surface area contributed by atoms with Crippen LogP contribution in [0, 0.1) is 11.3 Å². The fraction of sp³-hybridized carbons (Fsp3) is 0.533. The van der Waals surface area contributed by atoms with E-state index in [0.29, 0.717) is 16.7 Å². The quantitative estimate of drug-likeness (QED) is 0.923. The third-order valence-corrected chi connectivity index (χ3v) is 4.84. The van der Waals surface area contributed by atoms with Crippen LogP contribution < -0.4 is 5.32 Å². The summed E-state index contributed by atoms with van der Waals surface area (Å²) >= 11 is 0. The number of halogens is 3. The zero-order chi connectivity index (χ0) is 14.7. The summed E-state index contributed by atoms with van der Waals surface area (Å²) in [4.78, 5) is 0. The molecule has 6 heteroatoms. The minimum Gasteiger partial charge on any atom is -0.316 e. The van der Waals surface area contributed by atoms with Gasteiger partial charge in [0.25, 0.3) is 0 Å². The lowest BCUT2D eigenvalue weighted by Gasteiger charge is -2.54. The first-order valence-electron chi connectivity index (χ1n) is 7.20. The summed E-state index contributed by atoms with van der Waals surface area (Å²) in [5, 5.41) is 7.28. The number of hydrogen-bond acceptors (Lipinski definition) is 2. The molecule has 3 nitrogen and oxygen atoms in total. The molecule has 1 aliphatic carbocycles. The highest BCUT2D eigenvalue weighted by Gasteiger charge is 2.47. The van der Waals surface area contributed by atoms with Crippen LogP contribution in [0.4, 0.5) is 13.2 Å². The number of rotatable bonds is 2. The lowest BCUT2D eigenvalue weighted by atomic mass is 9.57. The highest BCUT2D eigenvalue weighted by atomic mass is 19.4. The van der Waals surface area contributed by atoms with E-state index in [0.717, 1.165) is 25.1 Å². The van der Waals surface area contributed by atoms with E-state index in [9.17, 15) is 13.2 Å². The number of fused-ring (bicyclic) bond motifs is 1. The number of benzene rings is 1. The van der Waals surface area contributed by atoms with Gasteiger partial charge in [0.2, 0.25) is 0 Å². The molecule has 2 aliphatic rings. The largest absolute Gasteiger partial charge is 0.505 e. The van der Waals surface area contributed by atoms with Gasteiger partial charge in [-0.05, 0) is 42.2 Å². The van der Waals surface area contributed by atoms with Gasteiger partial charge in [-0.25, -0.2) is 0 Å². The first kappa shape index (κ1) is 13.1. The molecule has 1 aliphatic heterocycles. The highest BCUT2D eigenvalue weighted by molar-refractivity contribution is 5.79. The van der Waals surface area contributed by atoms with Gasteiger partial charge in [0, 0.05) is 18.5 Å². The minimum absolute atomic E-state index is 0.152. The molecule has 0 bridgehead atoms. The lowest BCUT2D eigenvalue weighted by Crippen LogP contribution is -2.60. The Balaban J connectivity index is 1.56. The molecule has 2 aromatic rings. The minimum atomic E-state index is -4.46. The maximum atomic E-state index is 12.9. The van der Waals surface area contributed by atoms with Crippen molar-refractivity contribution in [3.8, 4) is 0 Å². The fourth-order valence-corrected chi connectivity index (χ4v) is 3.80. The van der Waals surface area contributed by atoms with Crippen LogP contribution in [0.5, 0.6) is 0 Å².